The van der Waals surface area contributed by atoms with E-state index in [4.69, 9.17) is 10.5 Å². The smallest absolute Gasteiger partial charge is 0.328 e. The first-order valence-corrected chi connectivity index (χ1v) is 11.7. The van der Waals surface area contributed by atoms with E-state index in [9.17, 15) is 4.79 Å². The molecule has 5 rings (SSSR count). The number of fused-ring (bicyclic) bond motifs is 1. The number of hydrogen-bond acceptors (Lipinski definition) is 7. The van der Waals surface area contributed by atoms with Crippen LogP contribution in [-0.4, -0.2) is 50.7 Å². The number of nitrogen functional groups attached to an aromatic ring is 1. The van der Waals surface area contributed by atoms with Crippen molar-refractivity contribution in [3.63, 3.8) is 0 Å². The SMILES string of the molecule is Nc1ccccc1Cn1c(=O)[nH]c2cnc(Nc3ccc(OCCN4CCCCC4)cc3)nc21. The maximum atomic E-state index is 12.5. The van der Waals surface area contributed by atoms with Crippen LogP contribution in [0.2, 0.25) is 0 Å². The Balaban J connectivity index is 1.25. The third kappa shape index (κ3) is 5.04. The minimum Gasteiger partial charge on any atom is -0.492 e. The average Bonchev–Trinajstić information content (AvgIpc) is 3.16. The number of para-hydroxylation sites is 1. The van der Waals surface area contributed by atoms with Crippen LogP contribution in [0, 0.1) is 0 Å². The zero-order valence-corrected chi connectivity index (χ0v) is 19.0. The maximum absolute atomic E-state index is 12.5. The summed E-state index contributed by atoms with van der Waals surface area (Å²) >= 11 is 0. The number of piperidine rings is 1. The fourth-order valence-electron chi connectivity index (χ4n) is 4.24. The Morgan fingerprint density at radius 1 is 1.06 bits per heavy atom. The van der Waals surface area contributed by atoms with Crippen molar-refractivity contribution in [3.05, 3.63) is 70.8 Å². The maximum Gasteiger partial charge on any atom is 0.328 e. The van der Waals surface area contributed by atoms with Gasteiger partial charge in [-0.3, -0.25) is 9.47 Å². The number of aromatic nitrogens is 4. The number of imidazole rings is 1. The summed E-state index contributed by atoms with van der Waals surface area (Å²) in [4.78, 5) is 26.7. The van der Waals surface area contributed by atoms with Gasteiger partial charge in [0.05, 0.1) is 12.7 Å². The van der Waals surface area contributed by atoms with Gasteiger partial charge in [0.1, 0.15) is 17.9 Å². The monoisotopic (exact) mass is 459 g/mol. The lowest BCUT2D eigenvalue weighted by molar-refractivity contribution is 0.183. The molecule has 34 heavy (non-hydrogen) atoms. The van der Waals surface area contributed by atoms with E-state index < -0.39 is 0 Å². The number of anilines is 3. The summed E-state index contributed by atoms with van der Waals surface area (Å²) in [5.41, 5.74) is 9.22. The molecule has 4 aromatic rings. The van der Waals surface area contributed by atoms with Gasteiger partial charge in [-0.2, -0.15) is 4.98 Å². The van der Waals surface area contributed by atoms with Crippen LogP contribution in [0.25, 0.3) is 11.2 Å². The molecule has 9 heteroatoms. The van der Waals surface area contributed by atoms with E-state index in [1.807, 2.05) is 48.5 Å². The molecule has 0 unspecified atom stereocenters. The summed E-state index contributed by atoms with van der Waals surface area (Å²) in [5.74, 6) is 1.24. The Kier molecular flexibility index (Phi) is 6.44. The number of H-pyrrole nitrogens is 1. The van der Waals surface area contributed by atoms with E-state index in [0.717, 1.165) is 23.5 Å². The van der Waals surface area contributed by atoms with Gasteiger partial charge in [0.2, 0.25) is 5.95 Å². The summed E-state index contributed by atoms with van der Waals surface area (Å²) in [6.07, 6.45) is 5.52. The number of benzene rings is 2. The van der Waals surface area contributed by atoms with Gasteiger partial charge in [-0.25, -0.2) is 9.78 Å². The summed E-state index contributed by atoms with van der Waals surface area (Å²) in [6, 6.07) is 15.2. The van der Waals surface area contributed by atoms with E-state index in [1.54, 1.807) is 10.8 Å². The molecule has 1 aliphatic rings. The van der Waals surface area contributed by atoms with Crippen LogP contribution >= 0.6 is 0 Å². The summed E-state index contributed by atoms with van der Waals surface area (Å²) in [6.45, 7) is 4.31. The van der Waals surface area contributed by atoms with Gasteiger partial charge in [0.15, 0.2) is 5.65 Å². The lowest BCUT2D eigenvalue weighted by Crippen LogP contribution is -2.33. The second-order valence-electron chi connectivity index (χ2n) is 8.55. The van der Waals surface area contributed by atoms with Crippen LogP contribution in [0.1, 0.15) is 24.8 Å². The molecule has 0 amide bonds. The first kappa shape index (κ1) is 22.0. The van der Waals surface area contributed by atoms with Crippen molar-refractivity contribution >= 4 is 28.5 Å². The minimum atomic E-state index is -0.254. The van der Waals surface area contributed by atoms with Gasteiger partial charge in [0.25, 0.3) is 0 Å². The van der Waals surface area contributed by atoms with Crippen LogP contribution in [0.3, 0.4) is 0 Å². The fraction of sp³-hybridized carbons (Fsp3) is 0.320. The van der Waals surface area contributed by atoms with Gasteiger partial charge >= 0.3 is 5.69 Å². The van der Waals surface area contributed by atoms with Crippen LogP contribution < -0.4 is 21.5 Å². The Labute approximate surface area is 197 Å². The van der Waals surface area contributed by atoms with Crippen molar-refractivity contribution < 1.29 is 4.74 Å². The third-order valence-corrected chi connectivity index (χ3v) is 6.13. The largest absolute Gasteiger partial charge is 0.492 e. The van der Waals surface area contributed by atoms with Crippen molar-refractivity contribution in [2.75, 3.05) is 37.3 Å². The number of aromatic amines is 1. The highest BCUT2D eigenvalue weighted by Gasteiger charge is 2.12. The van der Waals surface area contributed by atoms with Crippen LogP contribution in [0.15, 0.2) is 59.5 Å². The molecule has 3 heterocycles. The standard InChI is InChI=1S/C25H29N7O2/c26-21-7-3-2-6-18(21)17-32-23-22(29-25(32)33)16-27-24(30-23)28-19-8-10-20(11-9-19)34-15-14-31-12-4-1-5-13-31/h2-3,6-11,16H,1,4-5,12-15,17,26H2,(H,29,33)(H,27,28,30). The number of rotatable bonds is 8. The molecule has 0 atom stereocenters. The lowest BCUT2D eigenvalue weighted by atomic mass is 10.1. The third-order valence-electron chi connectivity index (χ3n) is 6.13. The molecule has 1 saturated heterocycles. The predicted molar refractivity (Wildman–Crippen MR) is 134 cm³/mol. The molecule has 0 spiro atoms. The molecule has 4 N–H and O–H groups in total. The Hall–Kier alpha value is -3.85. The van der Waals surface area contributed by atoms with E-state index in [-0.39, 0.29) is 5.69 Å². The highest BCUT2D eigenvalue weighted by atomic mass is 16.5. The van der Waals surface area contributed by atoms with Gasteiger partial charge in [0, 0.05) is 17.9 Å². The Bertz CT molecular complexity index is 1310. The van der Waals surface area contributed by atoms with Gasteiger partial charge in [-0.05, 0) is 61.8 Å². The molecule has 2 aromatic heterocycles. The van der Waals surface area contributed by atoms with Gasteiger partial charge in [-0.1, -0.05) is 24.6 Å². The van der Waals surface area contributed by atoms with Crippen molar-refractivity contribution in [3.8, 4) is 5.75 Å². The summed E-state index contributed by atoms with van der Waals surface area (Å²) in [7, 11) is 0. The van der Waals surface area contributed by atoms with Gasteiger partial charge < -0.3 is 20.8 Å². The number of likely N-dealkylation sites (tertiary alicyclic amines) is 1. The molecule has 0 saturated carbocycles. The lowest BCUT2D eigenvalue weighted by Gasteiger charge is -2.26. The number of nitrogens with two attached hydrogens (primary N) is 1. The first-order valence-electron chi connectivity index (χ1n) is 11.7. The molecule has 0 aliphatic carbocycles. The fourth-order valence-corrected chi connectivity index (χ4v) is 4.24. The van der Waals surface area contributed by atoms with Crippen LogP contribution in [0.5, 0.6) is 5.75 Å². The highest BCUT2D eigenvalue weighted by molar-refractivity contribution is 5.72. The van der Waals surface area contributed by atoms with E-state index in [0.29, 0.717) is 36.0 Å². The first-order chi connectivity index (χ1) is 16.7. The average molecular weight is 460 g/mol. The number of nitrogens with zero attached hydrogens (tertiary/aromatic N) is 4. The van der Waals surface area contributed by atoms with Crippen molar-refractivity contribution in [2.45, 2.75) is 25.8 Å². The zero-order chi connectivity index (χ0) is 23.3. The molecule has 1 fully saturated rings. The molecule has 1 aliphatic heterocycles. The van der Waals surface area contributed by atoms with E-state index in [2.05, 4.69) is 25.2 Å². The van der Waals surface area contributed by atoms with Crippen molar-refractivity contribution in [2.24, 2.45) is 0 Å². The molecule has 176 valence electrons. The van der Waals surface area contributed by atoms with E-state index >= 15 is 0 Å². The second-order valence-corrected chi connectivity index (χ2v) is 8.55. The quantitative estimate of drug-likeness (QED) is 0.346. The Morgan fingerprint density at radius 3 is 2.65 bits per heavy atom. The summed E-state index contributed by atoms with van der Waals surface area (Å²) in [5, 5.41) is 3.20. The number of ether oxygens (including phenoxy) is 1. The molecule has 2 aromatic carbocycles. The normalized spacial score (nSPS) is 14.4. The van der Waals surface area contributed by atoms with Crippen LogP contribution in [-0.2, 0) is 6.54 Å². The summed E-state index contributed by atoms with van der Waals surface area (Å²) < 4.78 is 7.47. The minimum absolute atomic E-state index is 0.254. The predicted octanol–water partition coefficient (Wildman–Crippen LogP) is 3.36. The number of nitrogens with one attached hydrogen (secondary N) is 2. The molecular formula is C25H29N7O2. The van der Waals surface area contributed by atoms with Gasteiger partial charge in [-0.15, -0.1) is 0 Å². The van der Waals surface area contributed by atoms with Crippen LogP contribution in [0.4, 0.5) is 17.3 Å². The second kappa shape index (κ2) is 9.96. The highest BCUT2D eigenvalue weighted by Crippen LogP contribution is 2.20. The van der Waals surface area contributed by atoms with Crippen molar-refractivity contribution in [1.82, 2.24) is 24.4 Å². The zero-order valence-electron chi connectivity index (χ0n) is 19.0. The Morgan fingerprint density at radius 2 is 1.85 bits per heavy atom. The van der Waals surface area contributed by atoms with E-state index in [1.165, 1.54) is 32.4 Å². The number of hydrogen-bond donors (Lipinski definition) is 3. The molecular weight excluding hydrogens is 430 g/mol. The topological polar surface area (TPSA) is 114 Å². The molecule has 9 nitrogen and oxygen atoms in total. The molecule has 0 bridgehead atoms. The van der Waals surface area contributed by atoms with Crippen molar-refractivity contribution in [1.29, 1.82) is 0 Å². The molecule has 0 radical (unpaired) electrons.